The van der Waals surface area contributed by atoms with Crippen LogP contribution in [-0.2, 0) is 0 Å². The van der Waals surface area contributed by atoms with Crippen molar-refractivity contribution in [2.75, 3.05) is 11.9 Å². The molecule has 2 amide bonds. The van der Waals surface area contributed by atoms with E-state index in [1.807, 2.05) is 0 Å². The van der Waals surface area contributed by atoms with Gasteiger partial charge < -0.3 is 15.7 Å². The summed E-state index contributed by atoms with van der Waals surface area (Å²) >= 11 is 5.96. The zero-order valence-corrected chi connectivity index (χ0v) is 12.6. The van der Waals surface area contributed by atoms with E-state index in [-0.39, 0.29) is 11.6 Å². The molecule has 5 nitrogen and oxygen atoms in total. The normalized spacial score (nSPS) is 21.0. The lowest BCUT2D eigenvalue weighted by molar-refractivity contribution is 0.0697. The smallest absolute Gasteiger partial charge is 0.335 e. The molecule has 0 heterocycles. The van der Waals surface area contributed by atoms with E-state index >= 15 is 0 Å². The van der Waals surface area contributed by atoms with Crippen molar-refractivity contribution in [3.8, 4) is 0 Å². The van der Waals surface area contributed by atoms with Crippen LogP contribution < -0.4 is 10.6 Å². The van der Waals surface area contributed by atoms with Gasteiger partial charge in [-0.25, -0.2) is 9.59 Å². The predicted octanol–water partition coefficient (Wildman–Crippen LogP) is 3.60. The summed E-state index contributed by atoms with van der Waals surface area (Å²) in [6.45, 7) is 2.83. The number of aromatic carboxylic acids is 1. The Labute approximate surface area is 128 Å². The number of carbonyl (C=O) groups is 2. The van der Waals surface area contributed by atoms with Crippen LogP contribution in [0.3, 0.4) is 0 Å². The number of carbonyl (C=O) groups excluding carboxylic acids is 1. The number of amides is 2. The molecule has 0 saturated heterocycles. The Kier molecular flexibility index (Phi) is 5.07. The second-order valence-electron chi connectivity index (χ2n) is 5.50. The highest BCUT2D eigenvalue weighted by atomic mass is 35.5. The van der Waals surface area contributed by atoms with Crippen LogP contribution in [-0.4, -0.2) is 23.7 Å². The summed E-state index contributed by atoms with van der Waals surface area (Å²) in [6.07, 6.45) is 3.55. The fourth-order valence-electron chi connectivity index (χ4n) is 2.67. The Morgan fingerprint density at radius 2 is 2.14 bits per heavy atom. The highest BCUT2D eigenvalue weighted by Crippen LogP contribution is 2.30. The van der Waals surface area contributed by atoms with Gasteiger partial charge in [0, 0.05) is 6.54 Å². The molecule has 0 bridgehead atoms. The number of hydrogen-bond donors (Lipinski definition) is 3. The summed E-state index contributed by atoms with van der Waals surface area (Å²) in [5, 5.41) is 14.7. The summed E-state index contributed by atoms with van der Waals surface area (Å²) in [6, 6.07) is 3.84. The van der Waals surface area contributed by atoms with E-state index in [2.05, 4.69) is 17.6 Å². The Bertz CT molecular complexity index is 548. The molecule has 114 valence electrons. The van der Waals surface area contributed by atoms with Gasteiger partial charge >= 0.3 is 12.0 Å². The van der Waals surface area contributed by atoms with Gasteiger partial charge in [0.1, 0.15) is 0 Å². The van der Waals surface area contributed by atoms with Gasteiger partial charge in [0.25, 0.3) is 0 Å². The van der Waals surface area contributed by atoms with Crippen LogP contribution in [0.1, 0.15) is 36.5 Å². The van der Waals surface area contributed by atoms with Crippen molar-refractivity contribution in [1.82, 2.24) is 5.32 Å². The van der Waals surface area contributed by atoms with Gasteiger partial charge in [-0.3, -0.25) is 0 Å². The second kappa shape index (κ2) is 6.80. The van der Waals surface area contributed by atoms with E-state index < -0.39 is 5.97 Å². The van der Waals surface area contributed by atoms with Gasteiger partial charge in [-0.1, -0.05) is 31.4 Å². The first-order chi connectivity index (χ1) is 9.97. The first-order valence-corrected chi connectivity index (χ1v) is 7.43. The highest BCUT2D eigenvalue weighted by molar-refractivity contribution is 6.33. The molecule has 6 heteroatoms. The number of rotatable bonds is 4. The van der Waals surface area contributed by atoms with Crippen molar-refractivity contribution in [3.63, 3.8) is 0 Å². The minimum atomic E-state index is -1.06. The first kappa shape index (κ1) is 15.6. The summed E-state index contributed by atoms with van der Waals surface area (Å²) in [5.41, 5.74) is 0.382. The molecule has 0 spiro atoms. The summed E-state index contributed by atoms with van der Waals surface area (Å²) in [5.74, 6) is 0.0794. The quantitative estimate of drug-likeness (QED) is 0.795. The molecule has 1 saturated carbocycles. The third-order valence-electron chi connectivity index (χ3n) is 4.03. The molecule has 21 heavy (non-hydrogen) atoms. The molecule has 1 aliphatic rings. The number of halogens is 1. The number of hydrogen-bond acceptors (Lipinski definition) is 2. The van der Waals surface area contributed by atoms with E-state index in [1.165, 1.54) is 31.0 Å². The number of carboxylic acid groups (broad SMARTS) is 1. The molecular weight excluding hydrogens is 292 g/mol. The molecule has 2 unspecified atom stereocenters. The Hall–Kier alpha value is -1.75. The summed E-state index contributed by atoms with van der Waals surface area (Å²) in [4.78, 5) is 22.8. The zero-order chi connectivity index (χ0) is 15.4. The molecule has 2 rings (SSSR count). The van der Waals surface area contributed by atoms with Crippen LogP contribution in [0.15, 0.2) is 18.2 Å². The standard InChI is InChI=1S/C15H19ClN2O3/c1-9-3-2-4-11(9)8-17-15(21)18-13-7-10(14(19)20)5-6-12(13)16/h5-7,9,11H,2-4,8H2,1H3,(H,19,20)(H2,17,18,21). The van der Waals surface area contributed by atoms with Crippen molar-refractivity contribution in [2.45, 2.75) is 26.2 Å². The van der Waals surface area contributed by atoms with Crippen LogP contribution in [0.2, 0.25) is 5.02 Å². The number of carboxylic acids is 1. The molecule has 1 aliphatic carbocycles. The monoisotopic (exact) mass is 310 g/mol. The molecule has 1 fully saturated rings. The SMILES string of the molecule is CC1CCCC1CNC(=O)Nc1cc(C(=O)O)ccc1Cl. The van der Waals surface area contributed by atoms with E-state index in [1.54, 1.807) is 0 Å². The van der Waals surface area contributed by atoms with Gasteiger partial charge in [-0.15, -0.1) is 0 Å². The average molecular weight is 311 g/mol. The largest absolute Gasteiger partial charge is 0.478 e. The molecule has 2 atom stereocenters. The maximum atomic E-state index is 11.9. The maximum absolute atomic E-state index is 11.9. The lowest BCUT2D eigenvalue weighted by Crippen LogP contribution is -2.33. The van der Waals surface area contributed by atoms with Crippen LogP contribution >= 0.6 is 11.6 Å². The number of anilines is 1. The fourth-order valence-corrected chi connectivity index (χ4v) is 2.83. The minimum absolute atomic E-state index is 0.0825. The fraction of sp³-hybridized carbons (Fsp3) is 0.467. The maximum Gasteiger partial charge on any atom is 0.335 e. The van der Waals surface area contributed by atoms with Crippen LogP contribution in [0.5, 0.6) is 0 Å². The molecule has 1 aromatic carbocycles. The molecule has 0 radical (unpaired) electrons. The summed E-state index contributed by atoms with van der Waals surface area (Å²) < 4.78 is 0. The zero-order valence-electron chi connectivity index (χ0n) is 11.9. The van der Waals surface area contributed by atoms with Crippen molar-refractivity contribution in [2.24, 2.45) is 11.8 Å². The van der Waals surface area contributed by atoms with E-state index in [0.717, 1.165) is 6.42 Å². The van der Waals surface area contributed by atoms with Gasteiger partial charge in [-0.05, 0) is 36.5 Å². The first-order valence-electron chi connectivity index (χ1n) is 7.05. The van der Waals surface area contributed by atoms with Crippen molar-refractivity contribution in [1.29, 1.82) is 0 Å². The van der Waals surface area contributed by atoms with Crippen LogP contribution in [0.4, 0.5) is 10.5 Å². The molecule has 3 N–H and O–H groups in total. The van der Waals surface area contributed by atoms with Crippen molar-refractivity contribution >= 4 is 29.3 Å². The third kappa shape index (κ3) is 4.11. The molecular formula is C15H19ClN2O3. The van der Waals surface area contributed by atoms with Gasteiger partial charge in [-0.2, -0.15) is 0 Å². The minimum Gasteiger partial charge on any atom is -0.478 e. The highest BCUT2D eigenvalue weighted by Gasteiger charge is 2.23. The Morgan fingerprint density at radius 1 is 1.38 bits per heavy atom. The molecule has 0 aromatic heterocycles. The van der Waals surface area contributed by atoms with E-state index in [9.17, 15) is 9.59 Å². The predicted molar refractivity (Wildman–Crippen MR) is 81.9 cm³/mol. The third-order valence-corrected chi connectivity index (χ3v) is 4.36. The van der Waals surface area contributed by atoms with Gasteiger partial charge in [0.15, 0.2) is 0 Å². The average Bonchev–Trinajstić information content (AvgIpc) is 2.84. The summed E-state index contributed by atoms with van der Waals surface area (Å²) in [7, 11) is 0. The second-order valence-corrected chi connectivity index (χ2v) is 5.91. The number of nitrogens with one attached hydrogen (secondary N) is 2. The van der Waals surface area contributed by atoms with Crippen LogP contribution in [0, 0.1) is 11.8 Å². The lowest BCUT2D eigenvalue weighted by Gasteiger charge is -2.16. The Morgan fingerprint density at radius 3 is 2.76 bits per heavy atom. The van der Waals surface area contributed by atoms with Gasteiger partial charge in [0.2, 0.25) is 0 Å². The number of benzene rings is 1. The van der Waals surface area contributed by atoms with Crippen molar-refractivity contribution in [3.05, 3.63) is 28.8 Å². The van der Waals surface area contributed by atoms with E-state index in [4.69, 9.17) is 16.7 Å². The van der Waals surface area contributed by atoms with Gasteiger partial charge in [0.05, 0.1) is 16.3 Å². The van der Waals surface area contributed by atoms with Crippen molar-refractivity contribution < 1.29 is 14.7 Å². The lowest BCUT2D eigenvalue weighted by atomic mass is 9.98. The van der Waals surface area contributed by atoms with E-state index in [0.29, 0.717) is 29.1 Å². The molecule has 0 aliphatic heterocycles. The Balaban J connectivity index is 1.93. The topological polar surface area (TPSA) is 78.4 Å². The molecule has 1 aromatic rings. The number of urea groups is 1. The van der Waals surface area contributed by atoms with Crippen LogP contribution in [0.25, 0.3) is 0 Å².